The Morgan fingerprint density at radius 1 is 1.22 bits per heavy atom. The van der Waals surface area contributed by atoms with Gasteiger partial charge in [0.25, 0.3) is 5.69 Å². The Morgan fingerprint density at radius 2 is 1.78 bits per heavy atom. The number of non-ortho nitro benzene ring substituents is 1. The topological polar surface area (TPSA) is 55.5 Å². The second-order valence-corrected chi connectivity index (χ2v) is 7.32. The van der Waals surface area contributed by atoms with E-state index in [-0.39, 0.29) is 21.3 Å². The van der Waals surface area contributed by atoms with Crippen molar-refractivity contribution in [3.63, 3.8) is 0 Å². The maximum Gasteiger partial charge on any atom is 0.269 e. The zero-order chi connectivity index (χ0) is 13.2. The average molecular weight is 266 g/mol. The number of rotatable bonds is 2. The van der Waals surface area contributed by atoms with E-state index in [1.807, 2.05) is 0 Å². The summed E-state index contributed by atoms with van der Waals surface area (Å²) in [5.41, 5.74) is 1.44. The van der Waals surface area contributed by atoms with E-state index >= 15 is 0 Å². The highest BCUT2D eigenvalue weighted by Gasteiger charge is 2.23. The molecule has 98 valence electrons. The number of benzene rings is 1. The summed E-state index contributed by atoms with van der Waals surface area (Å²) in [5, 5.41) is 10.6. The molecule has 0 atom stereocenters. The van der Waals surface area contributed by atoms with E-state index in [4.69, 9.17) is 0 Å². The predicted molar refractivity (Wildman–Crippen MR) is 75.3 cm³/mol. The molecule has 0 bridgehead atoms. The van der Waals surface area contributed by atoms with Gasteiger partial charge in [-0.25, -0.2) is 4.36 Å². The highest BCUT2D eigenvalue weighted by molar-refractivity contribution is 7.87. The summed E-state index contributed by atoms with van der Waals surface area (Å²) in [6.07, 6.45) is 2.43. The Hall–Kier alpha value is -1.23. The fourth-order valence-corrected chi connectivity index (χ4v) is 4.27. The van der Waals surface area contributed by atoms with Crippen molar-refractivity contribution in [2.24, 2.45) is 9.78 Å². The second-order valence-electron chi connectivity index (χ2n) is 5.40. The van der Waals surface area contributed by atoms with Crippen LogP contribution in [-0.4, -0.2) is 16.4 Å². The first-order valence-electron chi connectivity index (χ1n) is 6.10. The Balaban J connectivity index is 2.07. The molecular formula is C13H18N2O2S. The molecule has 18 heavy (non-hydrogen) atoms. The fourth-order valence-electron chi connectivity index (χ4n) is 1.89. The van der Waals surface area contributed by atoms with Gasteiger partial charge in [-0.2, -0.15) is 0 Å². The number of hydrogen-bond acceptors (Lipinski definition) is 3. The van der Waals surface area contributed by atoms with Crippen molar-refractivity contribution in [2.45, 2.75) is 26.7 Å². The first-order valence-corrected chi connectivity index (χ1v) is 7.62. The maximum atomic E-state index is 10.6. The van der Waals surface area contributed by atoms with E-state index in [2.05, 4.69) is 18.2 Å². The van der Waals surface area contributed by atoms with Crippen LogP contribution in [-0.2, 0) is 10.7 Å². The van der Waals surface area contributed by atoms with E-state index in [1.54, 1.807) is 12.1 Å². The van der Waals surface area contributed by atoms with E-state index in [9.17, 15) is 10.1 Å². The van der Waals surface area contributed by atoms with Gasteiger partial charge in [-0.3, -0.25) is 10.1 Å². The van der Waals surface area contributed by atoms with Gasteiger partial charge >= 0.3 is 0 Å². The van der Waals surface area contributed by atoms with Gasteiger partial charge in [-0.15, -0.1) is 0 Å². The minimum absolute atomic E-state index is 0.0956. The first-order chi connectivity index (χ1) is 8.46. The molecule has 1 aromatic carbocycles. The molecule has 0 N–H and O–H groups in total. The molecule has 0 saturated carbocycles. The van der Waals surface area contributed by atoms with Crippen molar-refractivity contribution in [3.8, 4) is 0 Å². The van der Waals surface area contributed by atoms with Crippen molar-refractivity contribution < 1.29 is 4.92 Å². The van der Waals surface area contributed by atoms with Crippen molar-refractivity contribution in [2.75, 3.05) is 11.5 Å². The van der Waals surface area contributed by atoms with E-state index in [0.29, 0.717) is 5.41 Å². The first kappa shape index (κ1) is 13.2. The quantitative estimate of drug-likeness (QED) is 0.603. The summed E-state index contributed by atoms with van der Waals surface area (Å²) in [6, 6.07) is 6.53. The number of hydrogen-bond donors (Lipinski definition) is 0. The molecule has 0 aliphatic carbocycles. The van der Waals surface area contributed by atoms with E-state index < -0.39 is 0 Å². The monoisotopic (exact) mass is 266 g/mol. The molecule has 1 saturated heterocycles. The molecule has 0 spiro atoms. The van der Waals surface area contributed by atoms with Crippen molar-refractivity contribution in [1.82, 2.24) is 0 Å². The van der Waals surface area contributed by atoms with Crippen LogP contribution < -0.4 is 0 Å². The van der Waals surface area contributed by atoms with Gasteiger partial charge in [0.2, 0.25) is 0 Å². The van der Waals surface area contributed by atoms with Gasteiger partial charge in [0.15, 0.2) is 0 Å². The third-order valence-corrected chi connectivity index (χ3v) is 5.14. The van der Waals surface area contributed by atoms with Crippen molar-refractivity contribution in [1.29, 1.82) is 0 Å². The molecule has 1 aliphatic heterocycles. The summed E-state index contributed by atoms with van der Waals surface area (Å²) < 4.78 is 4.69. The number of nitrogens with zero attached hydrogens (tertiary/aromatic N) is 2. The van der Waals surface area contributed by atoms with Crippen LogP contribution in [0.4, 0.5) is 11.4 Å². The summed E-state index contributed by atoms with van der Waals surface area (Å²) in [4.78, 5) is 10.2. The molecule has 1 fully saturated rings. The van der Waals surface area contributed by atoms with Gasteiger partial charge in [-0.05, 0) is 30.4 Å². The van der Waals surface area contributed by atoms with Gasteiger partial charge in [0.05, 0.1) is 10.6 Å². The molecule has 2 rings (SSSR count). The third-order valence-electron chi connectivity index (χ3n) is 3.32. The summed E-state index contributed by atoms with van der Waals surface area (Å²) >= 11 is 0. The van der Waals surface area contributed by atoms with Crippen LogP contribution in [0.2, 0.25) is 0 Å². The lowest BCUT2D eigenvalue weighted by molar-refractivity contribution is -0.384. The number of nitro benzene ring substituents is 1. The molecular weight excluding hydrogens is 248 g/mol. The van der Waals surface area contributed by atoms with Crippen LogP contribution in [0, 0.1) is 15.5 Å². The summed E-state index contributed by atoms with van der Waals surface area (Å²) in [7, 11) is 0.0956. The zero-order valence-electron chi connectivity index (χ0n) is 10.8. The van der Waals surface area contributed by atoms with Crippen molar-refractivity contribution >= 4 is 22.1 Å². The molecule has 1 heterocycles. The van der Waals surface area contributed by atoms with Crippen LogP contribution in [0.25, 0.3) is 0 Å². The highest BCUT2D eigenvalue weighted by Crippen LogP contribution is 2.31. The summed E-state index contributed by atoms with van der Waals surface area (Å²) in [5.74, 6) is 2.29. The molecule has 1 aliphatic rings. The molecule has 5 heteroatoms. The largest absolute Gasteiger partial charge is 0.269 e. The lowest BCUT2D eigenvalue weighted by Crippen LogP contribution is -2.24. The molecule has 1 aromatic rings. The summed E-state index contributed by atoms with van der Waals surface area (Å²) in [6.45, 7) is 4.61. The Morgan fingerprint density at radius 3 is 2.28 bits per heavy atom. The maximum absolute atomic E-state index is 10.6. The highest BCUT2D eigenvalue weighted by atomic mass is 32.2. The van der Waals surface area contributed by atoms with Gasteiger partial charge in [-0.1, -0.05) is 24.5 Å². The lowest BCUT2D eigenvalue weighted by atomic mass is 9.87. The van der Waals surface area contributed by atoms with Crippen LogP contribution in [0.5, 0.6) is 0 Å². The zero-order valence-corrected chi connectivity index (χ0v) is 11.6. The molecule has 4 nitrogen and oxygen atoms in total. The van der Waals surface area contributed by atoms with Crippen LogP contribution in [0.1, 0.15) is 26.7 Å². The predicted octanol–water partition coefficient (Wildman–Crippen LogP) is 3.85. The standard InChI is InChI=1S/C13H18N2O2S/c1-13(2)7-9-18(10-8-13)14-11-3-5-12(6-4-11)15(16)17/h3-6H,7-10H2,1-2H3. The van der Waals surface area contributed by atoms with Gasteiger partial charge in [0.1, 0.15) is 0 Å². The minimum atomic E-state index is -0.380. The van der Waals surface area contributed by atoms with E-state index in [1.165, 1.54) is 25.0 Å². The fraction of sp³-hybridized carbons (Fsp3) is 0.538. The Kier molecular flexibility index (Phi) is 3.80. The lowest BCUT2D eigenvalue weighted by Gasteiger charge is -2.30. The average Bonchev–Trinajstić information content (AvgIpc) is 2.33. The van der Waals surface area contributed by atoms with Crippen molar-refractivity contribution in [3.05, 3.63) is 34.4 Å². The minimum Gasteiger partial charge on any atom is -0.258 e. The molecule has 0 amide bonds. The Labute approximate surface area is 110 Å². The smallest absolute Gasteiger partial charge is 0.258 e. The molecule has 0 radical (unpaired) electrons. The normalized spacial score (nSPS) is 19.4. The number of nitro groups is 1. The van der Waals surface area contributed by atoms with Crippen LogP contribution in [0.3, 0.4) is 0 Å². The molecule has 0 unspecified atom stereocenters. The third kappa shape index (κ3) is 3.38. The van der Waals surface area contributed by atoms with E-state index in [0.717, 1.165) is 17.2 Å². The second kappa shape index (κ2) is 5.18. The SMILES string of the molecule is CC1(C)CCS(=Nc2ccc([N+](=O)[O-])cc2)CC1. The Bertz CT molecular complexity index is 468. The van der Waals surface area contributed by atoms with Gasteiger partial charge in [0, 0.05) is 23.6 Å². The van der Waals surface area contributed by atoms with Crippen LogP contribution in [0.15, 0.2) is 28.6 Å². The molecule has 0 aromatic heterocycles. The van der Waals surface area contributed by atoms with Crippen LogP contribution >= 0.6 is 0 Å². The van der Waals surface area contributed by atoms with Gasteiger partial charge < -0.3 is 0 Å².